The highest BCUT2D eigenvalue weighted by Crippen LogP contribution is 2.32. The minimum atomic E-state index is 0.856. The normalized spacial score (nSPS) is 15.0. The highest BCUT2D eigenvalue weighted by atomic mass is 14.2. The summed E-state index contributed by atoms with van der Waals surface area (Å²) in [5, 5.41) is 0. The van der Waals surface area contributed by atoms with Crippen LogP contribution in [-0.4, -0.2) is 0 Å². The average Bonchev–Trinajstić information content (AvgIpc) is 2.45. The molecule has 0 aliphatic heterocycles. The van der Waals surface area contributed by atoms with Crippen LogP contribution in [0.25, 0.3) is 0 Å². The number of hydrogen-bond acceptors (Lipinski definition) is 0. The Balaban J connectivity index is 0.000000581. The monoisotopic (exact) mass is 232 g/mol. The van der Waals surface area contributed by atoms with E-state index in [0.717, 1.165) is 5.92 Å². The van der Waals surface area contributed by atoms with Crippen molar-refractivity contribution in [2.45, 2.75) is 58.8 Å². The molecule has 96 valence electrons. The van der Waals surface area contributed by atoms with Crippen LogP contribution in [0.5, 0.6) is 0 Å². The molecule has 0 atom stereocenters. The summed E-state index contributed by atoms with van der Waals surface area (Å²) in [6.45, 7) is 12.2. The molecule has 0 spiro atoms. The van der Waals surface area contributed by atoms with E-state index in [4.69, 9.17) is 0 Å². The third kappa shape index (κ3) is 5.72. The second kappa shape index (κ2) is 10.1. The Morgan fingerprint density at radius 2 is 1.35 bits per heavy atom. The molecule has 0 radical (unpaired) electrons. The van der Waals surface area contributed by atoms with Gasteiger partial charge in [-0.2, -0.15) is 0 Å². The lowest BCUT2D eigenvalue weighted by Crippen LogP contribution is -2.04. The van der Waals surface area contributed by atoms with Crippen molar-refractivity contribution in [3.8, 4) is 0 Å². The van der Waals surface area contributed by atoms with Gasteiger partial charge in [-0.1, -0.05) is 62.9 Å². The molecule has 0 bridgehead atoms. The summed E-state index contributed by atoms with van der Waals surface area (Å²) in [5.74, 6) is 0.856. The molecule has 2 rings (SSSR count). The van der Waals surface area contributed by atoms with Gasteiger partial charge in [-0.3, -0.25) is 0 Å². The van der Waals surface area contributed by atoms with Gasteiger partial charge in [0.25, 0.3) is 0 Å². The topological polar surface area (TPSA) is 0 Å². The molecular formula is C17H28. The van der Waals surface area contributed by atoms with Crippen LogP contribution in [0.1, 0.15) is 63.0 Å². The molecule has 1 aliphatic rings. The molecule has 1 aromatic carbocycles. The molecule has 0 unspecified atom stereocenters. The summed E-state index contributed by atoms with van der Waals surface area (Å²) < 4.78 is 0. The van der Waals surface area contributed by atoms with Crippen LogP contribution in [0, 0.1) is 6.92 Å². The fraction of sp³-hybridized carbons (Fsp3) is 0.529. The lowest BCUT2D eigenvalue weighted by Gasteiger charge is -2.21. The Hall–Kier alpha value is -1.04. The summed E-state index contributed by atoms with van der Waals surface area (Å²) in [6, 6.07) is 9.10. The van der Waals surface area contributed by atoms with Crippen LogP contribution in [0.3, 0.4) is 0 Å². The summed E-state index contributed by atoms with van der Waals surface area (Å²) in [5.41, 5.74) is 2.94. The molecule has 0 aromatic heterocycles. The van der Waals surface area contributed by atoms with E-state index in [1.54, 1.807) is 5.56 Å². The van der Waals surface area contributed by atoms with Crippen LogP contribution in [0.2, 0.25) is 0 Å². The summed E-state index contributed by atoms with van der Waals surface area (Å²) in [7, 11) is 0. The zero-order valence-corrected chi connectivity index (χ0v) is 11.8. The van der Waals surface area contributed by atoms with Crippen LogP contribution in [0.15, 0.2) is 37.4 Å². The highest BCUT2D eigenvalue weighted by Gasteiger charge is 2.14. The molecule has 17 heavy (non-hydrogen) atoms. The molecule has 1 aromatic rings. The first-order chi connectivity index (χ1) is 8.36. The van der Waals surface area contributed by atoms with Crippen LogP contribution in [0.4, 0.5) is 0 Å². The Bertz CT molecular complexity index is 265. The number of hydrogen-bond donors (Lipinski definition) is 0. The average molecular weight is 232 g/mol. The largest absolute Gasteiger partial charge is 0.106 e. The number of aryl methyl sites for hydroxylation is 1. The van der Waals surface area contributed by atoms with Crippen molar-refractivity contribution in [2.75, 3.05) is 0 Å². The van der Waals surface area contributed by atoms with Crippen molar-refractivity contribution >= 4 is 0 Å². The smallest absolute Gasteiger partial charge is 0.0162 e. The predicted octanol–water partition coefficient (Wildman–Crippen LogP) is 5.87. The molecular weight excluding hydrogens is 204 g/mol. The summed E-state index contributed by atoms with van der Waals surface area (Å²) in [6.07, 6.45) is 7.12. The minimum absolute atomic E-state index is 0.856. The van der Waals surface area contributed by atoms with Crippen molar-refractivity contribution in [1.82, 2.24) is 0 Å². The van der Waals surface area contributed by atoms with E-state index in [-0.39, 0.29) is 0 Å². The molecule has 0 amide bonds. The Morgan fingerprint density at radius 3 is 1.82 bits per heavy atom. The SMILES string of the molecule is C=C.CC.Cc1ccc(C2CCCCC2)cc1. The molecule has 1 saturated carbocycles. The first-order valence-corrected chi connectivity index (χ1v) is 6.93. The lowest BCUT2D eigenvalue weighted by molar-refractivity contribution is 0.443. The van der Waals surface area contributed by atoms with E-state index in [0.29, 0.717) is 0 Å². The highest BCUT2D eigenvalue weighted by molar-refractivity contribution is 5.24. The maximum absolute atomic E-state index is 3.00. The Labute approximate surface area is 108 Å². The van der Waals surface area contributed by atoms with Gasteiger partial charge in [0, 0.05) is 0 Å². The zero-order valence-electron chi connectivity index (χ0n) is 11.8. The summed E-state index contributed by atoms with van der Waals surface area (Å²) >= 11 is 0. The molecule has 0 heteroatoms. The van der Waals surface area contributed by atoms with Crippen molar-refractivity contribution in [3.05, 3.63) is 48.6 Å². The van der Waals surface area contributed by atoms with Crippen molar-refractivity contribution in [1.29, 1.82) is 0 Å². The fourth-order valence-corrected chi connectivity index (χ4v) is 2.27. The lowest BCUT2D eigenvalue weighted by atomic mass is 9.84. The van der Waals surface area contributed by atoms with E-state index < -0.39 is 0 Å². The fourth-order valence-electron chi connectivity index (χ4n) is 2.27. The third-order valence-electron chi connectivity index (χ3n) is 3.15. The van der Waals surface area contributed by atoms with Crippen LogP contribution < -0.4 is 0 Å². The van der Waals surface area contributed by atoms with E-state index in [1.165, 1.54) is 37.7 Å². The van der Waals surface area contributed by atoms with Gasteiger partial charge in [0.15, 0.2) is 0 Å². The third-order valence-corrected chi connectivity index (χ3v) is 3.15. The van der Waals surface area contributed by atoms with Gasteiger partial charge in [-0.05, 0) is 31.2 Å². The van der Waals surface area contributed by atoms with Crippen molar-refractivity contribution in [2.24, 2.45) is 0 Å². The maximum Gasteiger partial charge on any atom is -0.0162 e. The molecule has 1 fully saturated rings. The Morgan fingerprint density at radius 1 is 0.882 bits per heavy atom. The quantitative estimate of drug-likeness (QED) is 0.531. The zero-order chi connectivity index (χ0) is 13.1. The van der Waals surface area contributed by atoms with Gasteiger partial charge in [0.1, 0.15) is 0 Å². The van der Waals surface area contributed by atoms with Gasteiger partial charge in [0.2, 0.25) is 0 Å². The minimum Gasteiger partial charge on any atom is -0.106 e. The van der Waals surface area contributed by atoms with Crippen molar-refractivity contribution < 1.29 is 0 Å². The summed E-state index contributed by atoms with van der Waals surface area (Å²) in [4.78, 5) is 0. The standard InChI is InChI=1S/C13H18.C2H6.C2H4/c1-11-7-9-13(10-8-11)12-5-3-2-4-6-12;2*1-2/h7-10,12H,2-6H2,1H3;1-2H3;1-2H2. The first kappa shape index (κ1) is 16.0. The first-order valence-electron chi connectivity index (χ1n) is 6.93. The number of rotatable bonds is 1. The molecule has 1 aliphatic carbocycles. The van der Waals surface area contributed by atoms with E-state index in [9.17, 15) is 0 Å². The Kier molecular flexibility index (Phi) is 9.52. The molecule has 0 saturated heterocycles. The van der Waals surface area contributed by atoms with Crippen LogP contribution in [-0.2, 0) is 0 Å². The van der Waals surface area contributed by atoms with Crippen LogP contribution >= 0.6 is 0 Å². The second-order valence-corrected chi connectivity index (χ2v) is 4.25. The number of benzene rings is 1. The van der Waals surface area contributed by atoms with Gasteiger partial charge in [0.05, 0.1) is 0 Å². The van der Waals surface area contributed by atoms with Gasteiger partial charge in [-0.25, -0.2) is 0 Å². The maximum atomic E-state index is 3.00. The van der Waals surface area contributed by atoms with Gasteiger partial charge in [-0.15, -0.1) is 13.2 Å². The molecule has 0 nitrogen and oxygen atoms in total. The van der Waals surface area contributed by atoms with E-state index >= 15 is 0 Å². The van der Waals surface area contributed by atoms with Gasteiger partial charge < -0.3 is 0 Å². The predicted molar refractivity (Wildman–Crippen MR) is 79.6 cm³/mol. The van der Waals surface area contributed by atoms with E-state index in [2.05, 4.69) is 44.3 Å². The second-order valence-electron chi connectivity index (χ2n) is 4.25. The van der Waals surface area contributed by atoms with Gasteiger partial charge >= 0.3 is 0 Å². The van der Waals surface area contributed by atoms with E-state index in [1.807, 2.05) is 13.8 Å². The van der Waals surface area contributed by atoms with Crippen molar-refractivity contribution in [3.63, 3.8) is 0 Å². The molecule has 0 N–H and O–H groups in total. The molecule has 0 heterocycles.